The largest absolute Gasteiger partial charge is 0.300 e. The van der Waals surface area contributed by atoms with E-state index in [4.69, 9.17) is 5.84 Å². The van der Waals surface area contributed by atoms with Crippen molar-refractivity contribution in [1.82, 2.24) is 10.3 Å². The second kappa shape index (κ2) is 8.06. The lowest BCUT2D eigenvalue weighted by molar-refractivity contribution is 0.0953. The second-order valence-corrected chi connectivity index (χ2v) is 3.63. The van der Waals surface area contributed by atoms with Crippen LogP contribution in [0.3, 0.4) is 0 Å². The topological polar surface area (TPSA) is 58.4 Å². The van der Waals surface area contributed by atoms with E-state index in [0.717, 1.165) is 19.6 Å². The first-order valence-electron chi connectivity index (χ1n) is 5.53. The standard InChI is InChI=1S/C12H19N3O.ClH/c1-3-15(4-2)9-10-5-7-11(8-6-10)12(16)14-13;/h5-8H,3-4,9,13H2,1-2H3,(H,14,16);1H. The van der Waals surface area contributed by atoms with Crippen molar-refractivity contribution in [2.75, 3.05) is 13.1 Å². The Morgan fingerprint density at radius 1 is 1.24 bits per heavy atom. The van der Waals surface area contributed by atoms with Crippen molar-refractivity contribution in [3.05, 3.63) is 35.4 Å². The van der Waals surface area contributed by atoms with Crippen LogP contribution in [-0.2, 0) is 6.54 Å². The maximum atomic E-state index is 11.2. The van der Waals surface area contributed by atoms with Gasteiger partial charge in [0.2, 0.25) is 0 Å². The number of nitrogens with one attached hydrogen (secondary N) is 1. The van der Waals surface area contributed by atoms with Crippen molar-refractivity contribution in [3.63, 3.8) is 0 Å². The van der Waals surface area contributed by atoms with Crippen molar-refractivity contribution >= 4 is 18.3 Å². The van der Waals surface area contributed by atoms with Gasteiger partial charge in [0.1, 0.15) is 0 Å². The van der Waals surface area contributed by atoms with Gasteiger partial charge in [-0.3, -0.25) is 15.1 Å². The molecule has 1 rings (SSSR count). The molecule has 1 aromatic carbocycles. The first kappa shape index (κ1) is 15.9. The maximum Gasteiger partial charge on any atom is 0.265 e. The number of carbonyl (C=O) groups is 1. The van der Waals surface area contributed by atoms with Gasteiger partial charge in [0.25, 0.3) is 5.91 Å². The van der Waals surface area contributed by atoms with E-state index in [9.17, 15) is 4.79 Å². The fourth-order valence-electron chi connectivity index (χ4n) is 1.55. The summed E-state index contributed by atoms with van der Waals surface area (Å²) in [7, 11) is 0. The van der Waals surface area contributed by atoms with Crippen molar-refractivity contribution in [2.24, 2.45) is 5.84 Å². The first-order chi connectivity index (χ1) is 7.71. The number of nitrogen functional groups attached to an aromatic ring is 1. The molecule has 1 aromatic rings. The highest BCUT2D eigenvalue weighted by molar-refractivity contribution is 5.93. The number of carbonyl (C=O) groups excluding carboxylic acids is 1. The molecule has 0 bridgehead atoms. The van der Waals surface area contributed by atoms with Gasteiger partial charge in [-0.05, 0) is 30.8 Å². The molecule has 0 aliphatic rings. The molecule has 5 heteroatoms. The third-order valence-electron chi connectivity index (χ3n) is 2.65. The zero-order chi connectivity index (χ0) is 12.0. The van der Waals surface area contributed by atoms with E-state index in [1.807, 2.05) is 12.1 Å². The Morgan fingerprint density at radius 2 is 1.76 bits per heavy atom. The van der Waals surface area contributed by atoms with Crippen LogP contribution in [-0.4, -0.2) is 23.9 Å². The Labute approximate surface area is 109 Å². The van der Waals surface area contributed by atoms with Crippen LogP contribution in [0.5, 0.6) is 0 Å². The molecule has 96 valence electrons. The van der Waals surface area contributed by atoms with Crippen LogP contribution >= 0.6 is 12.4 Å². The number of hydrogen-bond donors (Lipinski definition) is 2. The fraction of sp³-hybridized carbons (Fsp3) is 0.417. The summed E-state index contributed by atoms with van der Waals surface area (Å²) in [5.41, 5.74) is 3.91. The molecule has 0 aromatic heterocycles. The molecule has 0 heterocycles. The highest BCUT2D eigenvalue weighted by atomic mass is 35.5. The predicted octanol–water partition coefficient (Wildman–Crippen LogP) is 1.55. The van der Waals surface area contributed by atoms with Crippen LogP contribution in [0, 0.1) is 0 Å². The van der Waals surface area contributed by atoms with Gasteiger partial charge in [-0.15, -0.1) is 12.4 Å². The van der Waals surface area contributed by atoms with Crippen LogP contribution in [0.15, 0.2) is 24.3 Å². The summed E-state index contributed by atoms with van der Waals surface area (Å²) in [4.78, 5) is 13.5. The highest BCUT2D eigenvalue weighted by Gasteiger charge is 2.04. The third kappa shape index (κ3) is 4.73. The predicted molar refractivity (Wildman–Crippen MR) is 72.0 cm³/mol. The average molecular weight is 258 g/mol. The summed E-state index contributed by atoms with van der Waals surface area (Å²) in [5.74, 6) is 4.80. The van der Waals surface area contributed by atoms with E-state index in [2.05, 4.69) is 24.2 Å². The minimum Gasteiger partial charge on any atom is -0.300 e. The number of nitrogens with two attached hydrogens (primary N) is 1. The van der Waals surface area contributed by atoms with Gasteiger partial charge in [-0.1, -0.05) is 26.0 Å². The number of hydrogen-bond acceptors (Lipinski definition) is 3. The lowest BCUT2D eigenvalue weighted by atomic mass is 10.1. The van der Waals surface area contributed by atoms with Crippen LogP contribution in [0.1, 0.15) is 29.8 Å². The van der Waals surface area contributed by atoms with Gasteiger partial charge in [-0.2, -0.15) is 0 Å². The molecule has 4 nitrogen and oxygen atoms in total. The van der Waals surface area contributed by atoms with Gasteiger partial charge < -0.3 is 0 Å². The zero-order valence-electron chi connectivity index (χ0n) is 10.3. The summed E-state index contributed by atoms with van der Waals surface area (Å²) in [6.07, 6.45) is 0. The average Bonchev–Trinajstić information content (AvgIpc) is 2.35. The summed E-state index contributed by atoms with van der Waals surface area (Å²) < 4.78 is 0. The highest BCUT2D eigenvalue weighted by Crippen LogP contribution is 2.07. The smallest absolute Gasteiger partial charge is 0.265 e. The minimum atomic E-state index is -0.255. The number of hydrazine groups is 1. The monoisotopic (exact) mass is 257 g/mol. The molecule has 0 atom stereocenters. The minimum absolute atomic E-state index is 0. The van der Waals surface area contributed by atoms with Gasteiger partial charge in [-0.25, -0.2) is 5.84 Å². The molecule has 17 heavy (non-hydrogen) atoms. The van der Waals surface area contributed by atoms with E-state index >= 15 is 0 Å². The summed E-state index contributed by atoms with van der Waals surface area (Å²) >= 11 is 0. The van der Waals surface area contributed by atoms with Gasteiger partial charge in [0.15, 0.2) is 0 Å². The number of nitrogens with zero attached hydrogens (tertiary/aromatic N) is 1. The molecule has 0 saturated heterocycles. The lowest BCUT2D eigenvalue weighted by Gasteiger charge is -2.17. The normalized spacial score (nSPS) is 9.88. The third-order valence-corrected chi connectivity index (χ3v) is 2.65. The molecule has 3 N–H and O–H groups in total. The maximum absolute atomic E-state index is 11.2. The first-order valence-corrected chi connectivity index (χ1v) is 5.53. The summed E-state index contributed by atoms with van der Waals surface area (Å²) in [5, 5.41) is 0. The molecule has 0 unspecified atom stereocenters. The summed E-state index contributed by atoms with van der Waals surface area (Å²) in [6, 6.07) is 7.51. The quantitative estimate of drug-likeness (QED) is 0.478. The Morgan fingerprint density at radius 3 is 2.18 bits per heavy atom. The second-order valence-electron chi connectivity index (χ2n) is 3.63. The molecule has 1 amide bonds. The Kier molecular flexibility index (Phi) is 7.54. The number of rotatable bonds is 5. The molecular weight excluding hydrogens is 238 g/mol. The van der Waals surface area contributed by atoms with Crippen LogP contribution in [0.4, 0.5) is 0 Å². The van der Waals surface area contributed by atoms with Crippen LogP contribution in [0.25, 0.3) is 0 Å². The van der Waals surface area contributed by atoms with Crippen molar-refractivity contribution in [1.29, 1.82) is 0 Å². The van der Waals surface area contributed by atoms with E-state index in [0.29, 0.717) is 5.56 Å². The van der Waals surface area contributed by atoms with E-state index in [1.54, 1.807) is 12.1 Å². The lowest BCUT2D eigenvalue weighted by Crippen LogP contribution is -2.30. The molecule has 0 saturated carbocycles. The Hall–Kier alpha value is -1.10. The van der Waals surface area contributed by atoms with Crippen LogP contribution in [0.2, 0.25) is 0 Å². The molecule has 0 aliphatic carbocycles. The SMILES string of the molecule is CCN(CC)Cc1ccc(C(=O)NN)cc1.Cl. The van der Waals surface area contributed by atoms with E-state index in [-0.39, 0.29) is 18.3 Å². The molecule has 0 aliphatic heterocycles. The Bertz CT molecular complexity index is 336. The molecule has 0 fully saturated rings. The summed E-state index contributed by atoms with van der Waals surface area (Å²) in [6.45, 7) is 7.25. The van der Waals surface area contributed by atoms with Gasteiger partial charge in [0, 0.05) is 12.1 Å². The van der Waals surface area contributed by atoms with Crippen molar-refractivity contribution in [3.8, 4) is 0 Å². The van der Waals surface area contributed by atoms with Crippen molar-refractivity contribution < 1.29 is 4.79 Å². The number of halogens is 1. The van der Waals surface area contributed by atoms with E-state index in [1.165, 1.54) is 5.56 Å². The van der Waals surface area contributed by atoms with Gasteiger partial charge >= 0.3 is 0 Å². The molecule has 0 radical (unpaired) electrons. The molecular formula is C12H20ClN3O. The Balaban J connectivity index is 0.00000256. The van der Waals surface area contributed by atoms with E-state index < -0.39 is 0 Å². The van der Waals surface area contributed by atoms with Crippen molar-refractivity contribution in [2.45, 2.75) is 20.4 Å². The number of amides is 1. The zero-order valence-corrected chi connectivity index (χ0v) is 11.1. The fourth-order valence-corrected chi connectivity index (χ4v) is 1.55. The number of benzene rings is 1. The van der Waals surface area contributed by atoms with Crippen LogP contribution < -0.4 is 11.3 Å². The molecule has 0 spiro atoms. The van der Waals surface area contributed by atoms with Gasteiger partial charge in [0.05, 0.1) is 0 Å².